The Bertz CT molecular complexity index is 671. The van der Waals surface area contributed by atoms with Crippen LogP contribution >= 0.6 is 0 Å². The van der Waals surface area contributed by atoms with Gasteiger partial charge in [0.1, 0.15) is 5.75 Å². The summed E-state index contributed by atoms with van der Waals surface area (Å²) in [6.07, 6.45) is 1.85. The Hall–Kier alpha value is -2.55. The third-order valence-electron chi connectivity index (χ3n) is 3.29. The highest BCUT2D eigenvalue weighted by atomic mass is 16.3. The van der Waals surface area contributed by atoms with Gasteiger partial charge in [0.2, 0.25) is 0 Å². The topological polar surface area (TPSA) is 40.5 Å². The number of nitrogens with zero attached hydrogens (tertiary/aromatic N) is 1. The molecule has 0 aromatic heterocycles. The van der Waals surface area contributed by atoms with Crippen molar-refractivity contribution in [3.63, 3.8) is 0 Å². The number of rotatable bonds is 1. The fourth-order valence-electron chi connectivity index (χ4n) is 2.28. The predicted octanol–water partition coefficient (Wildman–Crippen LogP) is 2.91. The number of hydrogen-bond donors (Lipinski definition) is 1. The number of carbonyl (C=O) groups is 1. The maximum atomic E-state index is 12.2. The maximum absolute atomic E-state index is 12.2. The number of phenols is 1. The molecule has 3 heteroatoms. The van der Waals surface area contributed by atoms with Crippen LogP contribution in [0.4, 0.5) is 5.69 Å². The molecule has 0 atom stereocenters. The van der Waals surface area contributed by atoms with E-state index in [1.165, 1.54) is 0 Å². The fraction of sp³-hybridized carbons (Fsp3) is 0.0625. The zero-order chi connectivity index (χ0) is 13.4. The summed E-state index contributed by atoms with van der Waals surface area (Å²) in [4.78, 5) is 13.9. The van der Waals surface area contributed by atoms with Gasteiger partial charge in [-0.3, -0.25) is 4.79 Å². The fourth-order valence-corrected chi connectivity index (χ4v) is 2.28. The van der Waals surface area contributed by atoms with E-state index in [2.05, 4.69) is 0 Å². The molecule has 1 N–H and O–H groups in total. The molecule has 0 saturated carbocycles. The van der Waals surface area contributed by atoms with E-state index in [0.717, 1.165) is 16.8 Å². The highest BCUT2D eigenvalue weighted by Gasteiger charge is 2.28. The van der Waals surface area contributed by atoms with Crippen molar-refractivity contribution in [1.29, 1.82) is 0 Å². The van der Waals surface area contributed by atoms with Crippen LogP contribution in [0.2, 0.25) is 0 Å². The normalized spacial score (nSPS) is 15.9. The third kappa shape index (κ3) is 1.89. The average molecular weight is 251 g/mol. The zero-order valence-electron chi connectivity index (χ0n) is 10.5. The Balaban J connectivity index is 2.10. The van der Waals surface area contributed by atoms with Crippen molar-refractivity contribution in [2.45, 2.75) is 0 Å². The van der Waals surface area contributed by atoms with E-state index >= 15 is 0 Å². The van der Waals surface area contributed by atoms with E-state index in [4.69, 9.17) is 0 Å². The van der Waals surface area contributed by atoms with Crippen molar-refractivity contribution in [2.75, 3.05) is 11.9 Å². The van der Waals surface area contributed by atoms with Gasteiger partial charge in [0, 0.05) is 18.2 Å². The largest absolute Gasteiger partial charge is 0.508 e. The molecule has 1 heterocycles. The summed E-state index contributed by atoms with van der Waals surface area (Å²) in [6, 6.07) is 14.5. The first kappa shape index (κ1) is 11.5. The van der Waals surface area contributed by atoms with Crippen molar-refractivity contribution in [3.8, 4) is 5.75 Å². The standard InChI is InChI=1S/C16H13NO2/c1-17-15-5-3-2-4-13(15)14(16(17)19)10-11-6-8-12(18)9-7-11/h2-10,18H,1H3/b14-10+. The van der Waals surface area contributed by atoms with E-state index in [1.54, 1.807) is 36.2 Å². The summed E-state index contributed by atoms with van der Waals surface area (Å²) in [5, 5.41) is 9.27. The van der Waals surface area contributed by atoms with Gasteiger partial charge in [0.15, 0.2) is 0 Å². The second-order valence-corrected chi connectivity index (χ2v) is 4.53. The van der Waals surface area contributed by atoms with Gasteiger partial charge < -0.3 is 10.0 Å². The lowest BCUT2D eigenvalue weighted by atomic mass is 10.0. The molecule has 0 aliphatic carbocycles. The Kier molecular flexibility index (Phi) is 2.60. The van der Waals surface area contributed by atoms with E-state index in [9.17, 15) is 9.90 Å². The maximum Gasteiger partial charge on any atom is 0.258 e. The first-order valence-corrected chi connectivity index (χ1v) is 6.05. The van der Waals surface area contributed by atoms with Gasteiger partial charge in [-0.25, -0.2) is 0 Å². The van der Waals surface area contributed by atoms with Crippen molar-refractivity contribution < 1.29 is 9.90 Å². The molecular formula is C16H13NO2. The second-order valence-electron chi connectivity index (χ2n) is 4.53. The number of hydrogen-bond acceptors (Lipinski definition) is 2. The van der Waals surface area contributed by atoms with Crippen LogP contribution in [0.15, 0.2) is 48.5 Å². The number of phenolic OH excluding ortho intramolecular Hbond substituents is 1. The molecule has 0 saturated heterocycles. The second kappa shape index (κ2) is 4.28. The monoisotopic (exact) mass is 251 g/mol. The molecule has 1 aliphatic rings. The van der Waals surface area contributed by atoms with Crippen LogP contribution in [-0.2, 0) is 4.79 Å². The SMILES string of the molecule is CN1C(=O)/C(=C/c2ccc(O)cc2)c2ccccc21. The van der Waals surface area contributed by atoms with Gasteiger partial charge in [-0.1, -0.05) is 30.3 Å². The molecule has 94 valence electrons. The smallest absolute Gasteiger partial charge is 0.258 e. The van der Waals surface area contributed by atoms with E-state index < -0.39 is 0 Å². The molecule has 2 aromatic carbocycles. The van der Waals surface area contributed by atoms with Crippen molar-refractivity contribution in [1.82, 2.24) is 0 Å². The van der Waals surface area contributed by atoms with Gasteiger partial charge in [0.05, 0.1) is 5.69 Å². The summed E-state index contributed by atoms with van der Waals surface area (Å²) in [7, 11) is 1.78. The number of fused-ring (bicyclic) bond motifs is 1. The molecule has 2 aromatic rings. The molecule has 0 fully saturated rings. The summed E-state index contributed by atoms with van der Waals surface area (Å²) in [5.41, 5.74) is 3.45. The minimum absolute atomic E-state index is 0.00530. The van der Waals surface area contributed by atoms with Crippen LogP contribution in [0.5, 0.6) is 5.75 Å². The summed E-state index contributed by atoms with van der Waals surface area (Å²) in [6.45, 7) is 0. The molecule has 19 heavy (non-hydrogen) atoms. The number of para-hydroxylation sites is 1. The lowest BCUT2D eigenvalue weighted by Gasteiger charge is -2.07. The zero-order valence-corrected chi connectivity index (χ0v) is 10.5. The summed E-state index contributed by atoms with van der Waals surface area (Å²) >= 11 is 0. The van der Waals surface area contributed by atoms with Gasteiger partial charge >= 0.3 is 0 Å². The van der Waals surface area contributed by atoms with Gasteiger partial charge in [-0.15, -0.1) is 0 Å². The molecule has 1 amide bonds. The van der Waals surface area contributed by atoms with Crippen LogP contribution in [0.1, 0.15) is 11.1 Å². The average Bonchev–Trinajstić information content (AvgIpc) is 2.67. The number of benzene rings is 2. The highest BCUT2D eigenvalue weighted by molar-refractivity contribution is 6.35. The minimum atomic E-state index is -0.00530. The van der Waals surface area contributed by atoms with E-state index in [-0.39, 0.29) is 11.7 Å². The Morgan fingerprint density at radius 3 is 2.47 bits per heavy atom. The molecule has 0 bridgehead atoms. The summed E-state index contributed by atoms with van der Waals surface area (Å²) in [5.74, 6) is 0.215. The number of aromatic hydroxyl groups is 1. The molecule has 0 unspecified atom stereocenters. The quantitative estimate of drug-likeness (QED) is 0.792. The molecule has 1 aliphatic heterocycles. The predicted molar refractivity (Wildman–Crippen MR) is 75.8 cm³/mol. The van der Waals surface area contributed by atoms with Gasteiger partial charge in [-0.05, 0) is 29.8 Å². The summed E-state index contributed by atoms with van der Waals surface area (Å²) < 4.78 is 0. The van der Waals surface area contributed by atoms with Crippen molar-refractivity contribution in [3.05, 3.63) is 59.7 Å². The van der Waals surface area contributed by atoms with Crippen LogP contribution in [-0.4, -0.2) is 18.1 Å². The third-order valence-corrected chi connectivity index (χ3v) is 3.29. The lowest BCUT2D eigenvalue weighted by Crippen LogP contribution is -2.20. The number of anilines is 1. The lowest BCUT2D eigenvalue weighted by molar-refractivity contribution is -0.112. The first-order valence-electron chi connectivity index (χ1n) is 6.05. The number of carbonyl (C=O) groups excluding carboxylic acids is 1. The van der Waals surface area contributed by atoms with Gasteiger partial charge in [-0.2, -0.15) is 0 Å². The van der Waals surface area contributed by atoms with Crippen LogP contribution in [0.25, 0.3) is 11.6 Å². The highest BCUT2D eigenvalue weighted by Crippen LogP contribution is 2.36. The number of likely N-dealkylation sites (N-methyl/N-ethyl adjacent to an activating group) is 1. The Morgan fingerprint density at radius 1 is 1.05 bits per heavy atom. The van der Waals surface area contributed by atoms with Crippen molar-refractivity contribution >= 4 is 23.2 Å². The van der Waals surface area contributed by atoms with E-state index in [0.29, 0.717) is 5.57 Å². The number of amides is 1. The van der Waals surface area contributed by atoms with Crippen molar-refractivity contribution in [2.24, 2.45) is 0 Å². The Labute approximate surface area is 111 Å². The molecule has 3 nitrogen and oxygen atoms in total. The van der Waals surface area contributed by atoms with Crippen LogP contribution < -0.4 is 4.90 Å². The van der Waals surface area contributed by atoms with E-state index in [1.807, 2.05) is 30.3 Å². The molecule has 0 radical (unpaired) electrons. The van der Waals surface area contributed by atoms with Crippen LogP contribution in [0.3, 0.4) is 0 Å². The Morgan fingerprint density at radius 2 is 1.74 bits per heavy atom. The molecular weight excluding hydrogens is 238 g/mol. The van der Waals surface area contributed by atoms with Crippen LogP contribution in [0, 0.1) is 0 Å². The molecule has 0 spiro atoms. The van der Waals surface area contributed by atoms with Gasteiger partial charge in [0.25, 0.3) is 5.91 Å². The molecule has 3 rings (SSSR count). The minimum Gasteiger partial charge on any atom is -0.508 e. The first-order chi connectivity index (χ1) is 9.16.